The zero-order valence-electron chi connectivity index (χ0n) is 8.27. The van der Waals surface area contributed by atoms with Gasteiger partial charge in [-0.25, -0.2) is 0 Å². The summed E-state index contributed by atoms with van der Waals surface area (Å²) >= 11 is 0. The zero-order valence-corrected chi connectivity index (χ0v) is 8.27. The van der Waals surface area contributed by atoms with E-state index in [1.165, 1.54) is 0 Å². The lowest BCUT2D eigenvalue weighted by Gasteiger charge is -2.00. The molecule has 0 bridgehead atoms. The van der Waals surface area contributed by atoms with Gasteiger partial charge in [0.05, 0.1) is 19.3 Å². The summed E-state index contributed by atoms with van der Waals surface area (Å²) in [6, 6.07) is 0. The van der Waals surface area contributed by atoms with Gasteiger partial charge in [0.1, 0.15) is 11.8 Å². The topological polar surface area (TPSA) is 62.3 Å². The third-order valence-electron chi connectivity index (χ3n) is 2.08. The molecule has 1 aliphatic carbocycles. The highest BCUT2D eigenvalue weighted by atomic mass is 16.5. The lowest BCUT2D eigenvalue weighted by atomic mass is 10.5. The molecule has 1 aromatic heterocycles. The maximum atomic E-state index is 5.74. The number of ether oxygens (including phenoxy) is 2. The van der Waals surface area contributed by atoms with Crippen LogP contribution < -0.4 is 10.5 Å². The molecule has 0 aliphatic heterocycles. The Morgan fingerprint density at radius 1 is 1.64 bits per heavy atom. The number of nitrogen functional groups attached to an aromatic ring is 1. The fourth-order valence-electron chi connectivity index (χ4n) is 1.15. The van der Waals surface area contributed by atoms with Crippen molar-refractivity contribution < 1.29 is 9.47 Å². The average Bonchev–Trinajstić information content (AvgIpc) is 2.90. The number of hydrogen-bond donors (Lipinski definition) is 1. The first-order chi connectivity index (χ1) is 6.79. The van der Waals surface area contributed by atoms with E-state index in [0.717, 1.165) is 12.8 Å². The molecule has 0 aromatic carbocycles. The van der Waals surface area contributed by atoms with Crippen LogP contribution in [0.15, 0.2) is 6.20 Å². The molecule has 1 heterocycles. The van der Waals surface area contributed by atoms with Crippen molar-refractivity contribution >= 4 is 5.69 Å². The molecule has 5 nitrogen and oxygen atoms in total. The van der Waals surface area contributed by atoms with Gasteiger partial charge in [-0.15, -0.1) is 5.10 Å². The highest BCUT2D eigenvalue weighted by Gasteiger charge is 2.25. The second kappa shape index (κ2) is 3.88. The summed E-state index contributed by atoms with van der Waals surface area (Å²) in [5.41, 5.74) is 6.34. The number of nitrogens with two attached hydrogens (primary N) is 1. The summed E-state index contributed by atoms with van der Waals surface area (Å²) in [6.45, 7) is 1.33. The molecular formula is C9H15N3O2. The van der Waals surface area contributed by atoms with E-state index in [4.69, 9.17) is 15.2 Å². The number of aromatic nitrogens is 2. The van der Waals surface area contributed by atoms with Gasteiger partial charge in [0.2, 0.25) is 0 Å². The van der Waals surface area contributed by atoms with Gasteiger partial charge in [-0.1, -0.05) is 0 Å². The van der Waals surface area contributed by atoms with Crippen molar-refractivity contribution in [2.24, 2.45) is 0 Å². The van der Waals surface area contributed by atoms with Crippen LogP contribution in [0, 0.1) is 0 Å². The Kier molecular flexibility index (Phi) is 2.58. The van der Waals surface area contributed by atoms with Crippen molar-refractivity contribution in [1.29, 1.82) is 0 Å². The van der Waals surface area contributed by atoms with Gasteiger partial charge in [-0.05, 0) is 12.8 Å². The van der Waals surface area contributed by atoms with Gasteiger partial charge in [-0.2, -0.15) is 0 Å². The van der Waals surface area contributed by atoms with Crippen molar-refractivity contribution in [3.05, 3.63) is 6.20 Å². The fraction of sp³-hybridized carbons (Fsp3) is 0.667. The van der Waals surface area contributed by atoms with Gasteiger partial charge in [0.25, 0.3) is 5.88 Å². The highest BCUT2D eigenvalue weighted by Crippen LogP contribution is 2.28. The second-order valence-corrected chi connectivity index (χ2v) is 3.46. The number of nitrogens with zero attached hydrogens (tertiary/aromatic N) is 2. The summed E-state index contributed by atoms with van der Waals surface area (Å²) < 4.78 is 12.2. The maximum absolute atomic E-state index is 5.74. The molecule has 0 unspecified atom stereocenters. The number of anilines is 1. The van der Waals surface area contributed by atoms with Gasteiger partial charge < -0.3 is 15.2 Å². The minimum absolute atomic E-state index is 0.336. The Labute approximate surface area is 82.8 Å². The quantitative estimate of drug-likeness (QED) is 0.753. The molecule has 1 aromatic rings. The SMILES string of the molecule is COCCn1cc(N)c(OC2CC2)n1. The molecule has 78 valence electrons. The van der Waals surface area contributed by atoms with E-state index >= 15 is 0 Å². The maximum Gasteiger partial charge on any atom is 0.256 e. The standard InChI is InChI=1S/C9H15N3O2/c1-13-5-4-12-6-8(10)9(11-12)14-7-2-3-7/h6-7H,2-5,10H2,1H3. The molecule has 5 heteroatoms. The van der Waals surface area contributed by atoms with Crippen LogP contribution >= 0.6 is 0 Å². The van der Waals surface area contributed by atoms with Crippen LogP contribution in [0.1, 0.15) is 12.8 Å². The van der Waals surface area contributed by atoms with E-state index < -0.39 is 0 Å². The van der Waals surface area contributed by atoms with Crippen LogP contribution in [0.25, 0.3) is 0 Å². The van der Waals surface area contributed by atoms with Gasteiger partial charge >= 0.3 is 0 Å². The fourth-order valence-corrected chi connectivity index (χ4v) is 1.15. The number of hydrogen-bond acceptors (Lipinski definition) is 4. The van der Waals surface area contributed by atoms with E-state index in [9.17, 15) is 0 Å². The summed E-state index contributed by atoms with van der Waals surface area (Å²) in [7, 11) is 1.66. The average molecular weight is 197 g/mol. The first kappa shape index (κ1) is 9.33. The molecule has 2 N–H and O–H groups in total. The molecule has 1 saturated carbocycles. The highest BCUT2D eigenvalue weighted by molar-refractivity contribution is 5.46. The van der Waals surface area contributed by atoms with E-state index in [1.54, 1.807) is 18.0 Å². The molecule has 0 amide bonds. The van der Waals surface area contributed by atoms with Crippen LogP contribution in [-0.4, -0.2) is 29.6 Å². The van der Waals surface area contributed by atoms with E-state index in [-0.39, 0.29) is 0 Å². The lowest BCUT2D eigenvalue weighted by molar-refractivity contribution is 0.182. The minimum atomic E-state index is 0.336. The molecule has 2 rings (SSSR count). The Balaban J connectivity index is 1.96. The summed E-state index contributed by atoms with van der Waals surface area (Å²) in [6.07, 6.45) is 4.34. The Morgan fingerprint density at radius 3 is 3.07 bits per heavy atom. The van der Waals surface area contributed by atoms with Crippen LogP contribution in [0.3, 0.4) is 0 Å². The molecule has 0 spiro atoms. The van der Waals surface area contributed by atoms with Crippen molar-refractivity contribution in [1.82, 2.24) is 9.78 Å². The van der Waals surface area contributed by atoms with Crippen LogP contribution in [-0.2, 0) is 11.3 Å². The first-order valence-corrected chi connectivity index (χ1v) is 4.78. The van der Waals surface area contributed by atoms with Crippen LogP contribution in [0.5, 0.6) is 5.88 Å². The van der Waals surface area contributed by atoms with Gasteiger partial charge in [0.15, 0.2) is 0 Å². The van der Waals surface area contributed by atoms with Gasteiger partial charge in [0, 0.05) is 7.11 Å². The van der Waals surface area contributed by atoms with Crippen LogP contribution in [0.2, 0.25) is 0 Å². The third-order valence-corrected chi connectivity index (χ3v) is 2.08. The smallest absolute Gasteiger partial charge is 0.256 e. The first-order valence-electron chi connectivity index (χ1n) is 4.78. The van der Waals surface area contributed by atoms with Crippen molar-refractivity contribution in [2.45, 2.75) is 25.5 Å². The molecule has 0 saturated heterocycles. The van der Waals surface area contributed by atoms with E-state index in [0.29, 0.717) is 30.8 Å². The predicted octanol–water partition coefficient (Wildman–Crippen LogP) is 0.653. The second-order valence-electron chi connectivity index (χ2n) is 3.46. The molecular weight excluding hydrogens is 182 g/mol. The third kappa shape index (κ3) is 2.17. The Morgan fingerprint density at radius 2 is 2.43 bits per heavy atom. The normalized spacial score (nSPS) is 15.8. The molecule has 14 heavy (non-hydrogen) atoms. The summed E-state index contributed by atoms with van der Waals surface area (Å²) in [4.78, 5) is 0. The van der Waals surface area contributed by atoms with Crippen LogP contribution in [0.4, 0.5) is 5.69 Å². The summed E-state index contributed by atoms with van der Waals surface area (Å²) in [5.74, 6) is 0.559. The molecule has 0 atom stereocenters. The number of rotatable bonds is 5. The van der Waals surface area contributed by atoms with E-state index in [1.807, 2.05) is 0 Å². The number of methoxy groups -OCH3 is 1. The largest absolute Gasteiger partial charge is 0.472 e. The van der Waals surface area contributed by atoms with Crippen molar-refractivity contribution in [2.75, 3.05) is 19.5 Å². The Hall–Kier alpha value is -1.23. The zero-order chi connectivity index (χ0) is 9.97. The predicted molar refractivity (Wildman–Crippen MR) is 52.2 cm³/mol. The minimum Gasteiger partial charge on any atom is -0.472 e. The Bertz CT molecular complexity index is 307. The van der Waals surface area contributed by atoms with E-state index in [2.05, 4.69) is 5.10 Å². The van der Waals surface area contributed by atoms with Crippen molar-refractivity contribution in [3.63, 3.8) is 0 Å². The van der Waals surface area contributed by atoms with Gasteiger partial charge in [-0.3, -0.25) is 4.68 Å². The summed E-state index contributed by atoms with van der Waals surface area (Å²) in [5, 5.41) is 4.22. The molecule has 0 radical (unpaired) electrons. The monoisotopic (exact) mass is 197 g/mol. The molecule has 1 fully saturated rings. The molecule has 1 aliphatic rings. The van der Waals surface area contributed by atoms with Crippen molar-refractivity contribution in [3.8, 4) is 5.88 Å². The lowest BCUT2D eigenvalue weighted by Crippen LogP contribution is -2.05.